The maximum absolute atomic E-state index is 12.2. The molecule has 1 N–H and O–H groups in total. The van der Waals surface area contributed by atoms with Gasteiger partial charge in [-0.15, -0.1) is 11.3 Å². The number of nitrogens with zero attached hydrogens (tertiary/aromatic N) is 1. The first-order valence-corrected chi connectivity index (χ1v) is 8.39. The SMILES string of the molecule is Cc1ccsc1C=NNC(=O)c1cc2c(ccc3ccccc32)o1. The summed E-state index contributed by atoms with van der Waals surface area (Å²) in [5.74, 6) is -0.109. The monoisotopic (exact) mass is 334 g/mol. The largest absolute Gasteiger partial charge is 0.451 e. The van der Waals surface area contributed by atoms with Gasteiger partial charge in [0.15, 0.2) is 5.76 Å². The number of furan rings is 1. The second-order valence-electron chi connectivity index (χ2n) is 5.48. The van der Waals surface area contributed by atoms with Crippen LogP contribution in [0.15, 0.2) is 63.4 Å². The lowest BCUT2D eigenvalue weighted by atomic mass is 10.1. The molecule has 4 aromatic rings. The number of fused-ring (bicyclic) bond motifs is 3. The number of benzene rings is 2. The maximum atomic E-state index is 12.2. The molecule has 0 radical (unpaired) electrons. The lowest BCUT2D eigenvalue weighted by molar-refractivity contribution is 0.0929. The zero-order valence-corrected chi connectivity index (χ0v) is 13.8. The molecule has 118 valence electrons. The molecule has 4 rings (SSSR count). The lowest BCUT2D eigenvalue weighted by Crippen LogP contribution is -2.16. The number of nitrogens with one attached hydrogen (secondary N) is 1. The van der Waals surface area contributed by atoms with E-state index >= 15 is 0 Å². The number of amides is 1. The number of hydrazone groups is 1. The number of thiophene rings is 1. The highest BCUT2D eigenvalue weighted by Gasteiger charge is 2.13. The van der Waals surface area contributed by atoms with E-state index in [2.05, 4.69) is 10.5 Å². The number of carbonyl (C=O) groups excluding carboxylic acids is 1. The minimum atomic E-state index is -0.360. The smallest absolute Gasteiger partial charge is 0.307 e. The van der Waals surface area contributed by atoms with Crippen LogP contribution in [-0.4, -0.2) is 12.1 Å². The average Bonchev–Trinajstić information content (AvgIpc) is 3.21. The number of hydrogen-bond donors (Lipinski definition) is 1. The van der Waals surface area contributed by atoms with Crippen molar-refractivity contribution in [3.05, 3.63) is 70.1 Å². The summed E-state index contributed by atoms with van der Waals surface area (Å²) >= 11 is 1.58. The summed E-state index contributed by atoms with van der Waals surface area (Å²) in [4.78, 5) is 13.3. The molecule has 0 fully saturated rings. The van der Waals surface area contributed by atoms with Crippen molar-refractivity contribution >= 4 is 45.2 Å². The Bertz CT molecular complexity index is 1080. The third-order valence-corrected chi connectivity index (χ3v) is 4.85. The van der Waals surface area contributed by atoms with Crippen LogP contribution < -0.4 is 5.43 Å². The molecule has 1 amide bonds. The highest BCUT2D eigenvalue weighted by molar-refractivity contribution is 7.11. The number of aryl methyl sites for hydroxylation is 1. The Balaban J connectivity index is 1.62. The van der Waals surface area contributed by atoms with Crippen molar-refractivity contribution in [1.82, 2.24) is 5.43 Å². The highest BCUT2D eigenvalue weighted by atomic mass is 32.1. The Morgan fingerprint density at radius 2 is 2.04 bits per heavy atom. The minimum absolute atomic E-state index is 0.251. The molecule has 0 aliphatic rings. The van der Waals surface area contributed by atoms with Crippen LogP contribution in [0.2, 0.25) is 0 Å². The molecule has 0 bridgehead atoms. The summed E-state index contributed by atoms with van der Waals surface area (Å²) < 4.78 is 5.67. The van der Waals surface area contributed by atoms with Crippen LogP contribution in [0.4, 0.5) is 0 Å². The summed E-state index contributed by atoms with van der Waals surface area (Å²) in [5, 5.41) is 9.11. The lowest BCUT2D eigenvalue weighted by Gasteiger charge is -1.96. The predicted octanol–water partition coefficient (Wildman–Crippen LogP) is 4.72. The van der Waals surface area contributed by atoms with Crippen LogP contribution in [0.5, 0.6) is 0 Å². The molecule has 5 heteroatoms. The summed E-state index contributed by atoms with van der Waals surface area (Å²) in [7, 11) is 0. The summed E-state index contributed by atoms with van der Waals surface area (Å²) in [6.07, 6.45) is 1.65. The van der Waals surface area contributed by atoms with Gasteiger partial charge in [-0.1, -0.05) is 30.3 Å². The molecule has 0 saturated heterocycles. The van der Waals surface area contributed by atoms with Gasteiger partial charge >= 0.3 is 5.91 Å². The van der Waals surface area contributed by atoms with Crippen LogP contribution in [0, 0.1) is 6.92 Å². The van der Waals surface area contributed by atoms with Gasteiger partial charge in [-0.05, 0) is 46.8 Å². The maximum Gasteiger partial charge on any atom is 0.307 e. The quantitative estimate of drug-likeness (QED) is 0.435. The average molecular weight is 334 g/mol. The van der Waals surface area contributed by atoms with Gasteiger partial charge in [-0.25, -0.2) is 5.43 Å². The molecule has 0 saturated carbocycles. The van der Waals surface area contributed by atoms with Crippen molar-refractivity contribution in [3.8, 4) is 0 Å². The molecule has 2 aromatic carbocycles. The van der Waals surface area contributed by atoms with E-state index in [4.69, 9.17) is 4.42 Å². The van der Waals surface area contributed by atoms with Gasteiger partial charge in [0, 0.05) is 10.3 Å². The molecule has 2 heterocycles. The third-order valence-electron chi connectivity index (χ3n) is 3.90. The van der Waals surface area contributed by atoms with Gasteiger partial charge in [0.25, 0.3) is 0 Å². The number of hydrogen-bond acceptors (Lipinski definition) is 4. The van der Waals surface area contributed by atoms with Gasteiger partial charge in [0.1, 0.15) is 5.58 Å². The highest BCUT2D eigenvalue weighted by Crippen LogP contribution is 2.28. The Hall–Kier alpha value is -2.92. The number of rotatable bonds is 3. The molecule has 0 aliphatic carbocycles. The van der Waals surface area contributed by atoms with E-state index in [0.717, 1.165) is 26.6 Å². The molecule has 0 atom stereocenters. The first-order chi connectivity index (χ1) is 11.7. The number of carbonyl (C=O) groups is 1. The first-order valence-electron chi connectivity index (χ1n) is 7.51. The Labute approximate surface area is 142 Å². The molecule has 4 nitrogen and oxygen atoms in total. The standard InChI is InChI=1S/C19H14N2O2S/c1-12-8-9-24-18(12)11-20-21-19(22)17-10-15-14-5-3-2-4-13(14)6-7-16(15)23-17/h2-11H,1H3,(H,21,22). The molecule has 24 heavy (non-hydrogen) atoms. The van der Waals surface area contributed by atoms with E-state index in [1.165, 1.54) is 0 Å². The van der Waals surface area contributed by atoms with E-state index in [1.54, 1.807) is 23.6 Å². The van der Waals surface area contributed by atoms with Crippen LogP contribution in [0.1, 0.15) is 21.0 Å². The fourth-order valence-corrected chi connectivity index (χ4v) is 3.41. The molecule has 2 aromatic heterocycles. The van der Waals surface area contributed by atoms with Gasteiger partial charge in [-0.2, -0.15) is 5.10 Å². The third kappa shape index (κ3) is 2.59. The zero-order chi connectivity index (χ0) is 16.5. The van der Waals surface area contributed by atoms with Gasteiger partial charge < -0.3 is 4.42 Å². The fourth-order valence-electron chi connectivity index (χ4n) is 2.63. The predicted molar refractivity (Wildman–Crippen MR) is 97.8 cm³/mol. The fraction of sp³-hybridized carbons (Fsp3) is 0.0526. The van der Waals surface area contributed by atoms with E-state index in [9.17, 15) is 4.79 Å². The van der Waals surface area contributed by atoms with Crippen molar-refractivity contribution < 1.29 is 9.21 Å². The van der Waals surface area contributed by atoms with Gasteiger partial charge in [-0.3, -0.25) is 4.79 Å². The van der Waals surface area contributed by atoms with Crippen molar-refractivity contribution in [2.45, 2.75) is 6.92 Å². The van der Waals surface area contributed by atoms with Gasteiger partial charge in [0.2, 0.25) is 0 Å². The Morgan fingerprint density at radius 3 is 2.88 bits per heavy atom. The van der Waals surface area contributed by atoms with E-state index in [1.807, 2.05) is 54.8 Å². The van der Waals surface area contributed by atoms with Gasteiger partial charge in [0.05, 0.1) is 6.21 Å². The van der Waals surface area contributed by atoms with Crippen molar-refractivity contribution in [1.29, 1.82) is 0 Å². The summed E-state index contributed by atoms with van der Waals surface area (Å²) in [6, 6.07) is 15.7. The normalized spacial score (nSPS) is 11.5. The second-order valence-corrected chi connectivity index (χ2v) is 6.42. The first kappa shape index (κ1) is 14.7. The Morgan fingerprint density at radius 1 is 1.17 bits per heavy atom. The van der Waals surface area contributed by atoms with Crippen LogP contribution in [0.25, 0.3) is 21.7 Å². The topological polar surface area (TPSA) is 54.6 Å². The Kier molecular flexibility index (Phi) is 3.63. The molecule has 0 unspecified atom stereocenters. The van der Waals surface area contributed by atoms with E-state index < -0.39 is 0 Å². The summed E-state index contributed by atoms with van der Waals surface area (Å²) in [6.45, 7) is 2.00. The minimum Gasteiger partial charge on any atom is -0.451 e. The van der Waals surface area contributed by atoms with E-state index in [0.29, 0.717) is 5.58 Å². The van der Waals surface area contributed by atoms with Crippen LogP contribution in [-0.2, 0) is 0 Å². The van der Waals surface area contributed by atoms with E-state index in [-0.39, 0.29) is 11.7 Å². The summed E-state index contributed by atoms with van der Waals surface area (Å²) in [5.41, 5.74) is 4.34. The van der Waals surface area contributed by atoms with Crippen molar-refractivity contribution in [2.24, 2.45) is 5.10 Å². The van der Waals surface area contributed by atoms with Crippen molar-refractivity contribution in [3.63, 3.8) is 0 Å². The van der Waals surface area contributed by atoms with Crippen LogP contribution >= 0.6 is 11.3 Å². The molecule has 0 spiro atoms. The molecular formula is C19H14N2O2S. The molecular weight excluding hydrogens is 320 g/mol. The van der Waals surface area contributed by atoms with Crippen molar-refractivity contribution in [2.75, 3.05) is 0 Å². The van der Waals surface area contributed by atoms with Crippen LogP contribution in [0.3, 0.4) is 0 Å². The molecule has 0 aliphatic heterocycles. The zero-order valence-electron chi connectivity index (χ0n) is 12.9. The second kappa shape index (κ2) is 5.94.